The third kappa shape index (κ3) is 7.61. The molecule has 0 spiro atoms. The molecule has 1 aromatic carbocycles. The number of carbonyl (C=O) groups excluding carboxylic acids is 3. The highest BCUT2D eigenvalue weighted by Gasteiger charge is 2.41. The van der Waals surface area contributed by atoms with Crippen LogP contribution in [0.1, 0.15) is 56.5 Å². The average Bonchev–Trinajstić information content (AvgIpc) is 3.65. The maximum atomic E-state index is 14.6. The highest BCUT2D eigenvalue weighted by molar-refractivity contribution is 7.09. The lowest BCUT2D eigenvalue weighted by atomic mass is 9.91. The van der Waals surface area contributed by atoms with E-state index in [4.69, 9.17) is 14.5 Å². The number of imidazole rings is 1. The Bertz CT molecular complexity index is 1440. The standard InChI is InChI=1S/C33H45N5O5S/c1-23(2)20-38(31(40)29-34-27-10-6-7-11-28(27)37(29)13-12-26-9-8-18-44-26)25-19-24(30(39)35-14-16-42-17-15-35)21-36(22-25)32(41)43-33(3,4)5/h6-11,18,23-25H,12-17,19-22H2,1-5H3/t24-,25+/m1/s1. The number of aryl methyl sites for hydroxylation is 2. The molecule has 0 saturated carbocycles. The van der Waals surface area contributed by atoms with E-state index in [-0.39, 0.29) is 36.9 Å². The van der Waals surface area contributed by atoms with E-state index in [1.807, 2.05) is 65.5 Å². The molecule has 11 heteroatoms. The summed E-state index contributed by atoms with van der Waals surface area (Å²) in [6.45, 7) is 13.3. The van der Waals surface area contributed by atoms with Gasteiger partial charge in [-0.25, -0.2) is 9.78 Å². The van der Waals surface area contributed by atoms with Crippen LogP contribution in [0.4, 0.5) is 4.79 Å². The number of aromatic nitrogens is 2. The number of amides is 3. The summed E-state index contributed by atoms with van der Waals surface area (Å²) in [7, 11) is 0. The summed E-state index contributed by atoms with van der Waals surface area (Å²) in [6, 6.07) is 11.6. The van der Waals surface area contributed by atoms with Gasteiger partial charge in [0.25, 0.3) is 5.91 Å². The van der Waals surface area contributed by atoms with Crippen molar-refractivity contribution in [2.24, 2.45) is 11.8 Å². The van der Waals surface area contributed by atoms with Crippen molar-refractivity contribution in [2.45, 2.75) is 65.6 Å². The monoisotopic (exact) mass is 623 g/mol. The number of nitrogens with zero attached hydrogens (tertiary/aromatic N) is 5. The molecule has 2 fully saturated rings. The number of thiophene rings is 1. The Balaban J connectivity index is 1.48. The summed E-state index contributed by atoms with van der Waals surface area (Å²) in [4.78, 5) is 53.2. The van der Waals surface area contributed by atoms with Crippen molar-refractivity contribution in [3.8, 4) is 0 Å². The second-order valence-electron chi connectivity index (χ2n) is 13.2. The van der Waals surface area contributed by atoms with Gasteiger partial charge in [-0.2, -0.15) is 0 Å². The number of likely N-dealkylation sites (tertiary alicyclic amines) is 1. The Morgan fingerprint density at radius 1 is 1.07 bits per heavy atom. The van der Waals surface area contributed by atoms with E-state index in [0.717, 1.165) is 17.5 Å². The summed E-state index contributed by atoms with van der Waals surface area (Å²) in [5.74, 6) is -0.108. The Morgan fingerprint density at radius 2 is 1.82 bits per heavy atom. The van der Waals surface area contributed by atoms with Crippen LogP contribution < -0.4 is 0 Å². The molecule has 2 aromatic heterocycles. The number of rotatable bonds is 8. The largest absolute Gasteiger partial charge is 0.444 e. The summed E-state index contributed by atoms with van der Waals surface area (Å²) in [5.41, 5.74) is 0.997. The number of hydrogen-bond donors (Lipinski definition) is 0. The van der Waals surface area contributed by atoms with Crippen molar-refractivity contribution >= 4 is 40.3 Å². The Kier molecular flexibility index (Phi) is 9.94. The number of morpholine rings is 1. The van der Waals surface area contributed by atoms with Crippen LogP contribution in [0.5, 0.6) is 0 Å². The molecule has 0 aliphatic carbocycles. The average molecular weight is 624 g/mol. The van der Waals surface area contributed by atoms with E-state index in [1.54, 1.807) is 16.2 Å². The number of benzene rings is 1. The molecule has 238 valence electrons. The molecular weight excluding hydrogens is 578 g/mol. The molecule has 2 aliphatic rings. The molecule has 0 radical (unpaired) electrons. The van der Waals surface area contributed by atoms with Gasteiger partial charge in [-0.3, -0.25) is 9.59 Å². The quantitative estimate of drug-likeness (QED) is 0.353. The summed E-state index contributed by atoms with van der Waals surface area (Å²) in [6.07, 6.45) is 0.778. The minimum absolute atomic E-state index is 0.00769. The fraction of sp³-hybridized carbons (Fsp3) is 0.576. The summed E-state index contributed by atoms with van der Waals surface area (Å²) in [5, 5.41) is 2.06. The highest BCUT2D eigenvalue weighted by atomic mass is 32.1. The van der Waals surface area contributed by atoms with E-state index in [1.165, 1.54) is 4.88 Å². The van der Waals surface area contributed by atoms with E-state index < -0.39 is 17.6 Å². The van der Waals surface area contributed by atoms with Gasteiger partial charge in [-0.05, 0) is 63.1 Å². The van der Waals surface area contributed by atoms with E-state index >= 15 is 0 Å². The van der Waals surface area contributed by atoms with Crippen LogP contribution in [0.15, 0.2) is 41.8 Å². The van der Waals surface area contributed by atoms with Gasteiger partial charge in [-0.15, -0.1) is 11.3 Å². The number of ether oxygens (including phenoxy) is 2. The van der Waals surface area contributed by atoms with Gasteiger partial charge < -0.3 is 28.7 Å². The van der Waals surface area contributed by atoms with Crippen LogP contribution in [0.2, 0.25) is 0 Å². The molecule has 5 rings (SSSR count). The lowest BCUT2D eigenvalue weighted by molar-refractivity contribution is -0.142. The van der Waals surface area contributed by atoms with Crippen molar-refractivity contribution in [2.75, 3.05) is 45.9 Å². The summed E-state index contributed by atoms with van der Waals surface area (Å²) < 4.78 is 13.3. The number of carbonyl (C=O) groups is 3. The number of para-hydroxylation sites is 2. The molecule has 44 heavy (non-hydrogen) atoms. The lowest BCUT2D eigenvalue weighted by Gasteiger charge is -2.44. The number of fused-ring (bicyclic) bond motifs is 1. The van der Waals surface area contributed by atoms with Gasteiger partial charge in [-0.1, -0.05) is 32.0 Å². The first-order valence-electron chi connectivity index (χ1n) is 15.6. The maximum absolute atomic E-state index is 14.6. The molecule has 3 amide bonds. The Labute approximate surface area is 263 Å². The summed E-state index contributed by atoms with van der Waals surface area (Å²) >= 11 is 1.70. The third-order valence-electron chi connectivity index (χ3n) is 8.02. The van der Waals surface area contributed by atoms with E-state index in [2.05, 4.69) is 25.3 Å². The number of hydrogen-bond acceptors (Lipinski definition) is 7. The zero-order valence-corrected chi connectivity index (χ0v) is 27.3. The smallest absolute Gasteiger partial charge is 0.410 e. The maximum Gasteiger partial charge on any atom is 0.410 e. The van der Waals surface area contributed by atoms with Crippen molar-refractivity contribution in [1.82, 2.24) is 24.3 Å². The van der Waals surface area contributed by atoms with Crippen LogP contribution in [-0.2, 0) is 27.2 Å². The third-order valence-corrected chi connectivity index (χ3v) is 8.96. The Hall–Kier alpha value is -3.44. The highest BCUT2D eigenvalue weighted by Crippen LogP contribution is 2.28. The first-order chi connectivity index (χ1) is 21.0. The molecule has 0 unspecified atom stereocenters. The molecule has 10 nitrogen and oxygen atoms in total. The fourth-order valence-corrected chi connectivity index (χ4v) is 6.75. The van der Waals surface area contributed by atoms with Crippen LogP contribution >= 0.6 is 11.3 Å². The second-order valence-corrected chi connectivity index (χ2v) is 14.2. The van der Waals surface area contributed by atoms with E-state index in [0.29, 0.717) is 51.6 Å². The molecule has 2 atom stereocenters. The zero-order valence-electron chi connectivity index (χ0n) is 26.5. The molecule has 0 N–H and O–H groups in total. The Morgan fingerprint density at radius 3 is 2.50 bits per heavy atom. The molecule has 4 heterocycles. The van der Waals surface area contributed by atoms with Gasteiger partial charge in [0.15, 0.2) is 5.82 Å². The van der Waals surface area contributed by atoms with E-state index in [9.17, 15) is 14.4 Å². The van der Waals surface area contributed by atoms with Gasteiger partial charge in [0.05, 0.1) is 36.2 Å². The molecular formula is C33H45N5O5S. The van der Waals surface area contributed by atoms with Gasteiger partial charge in [0, 0.05) is 44.1 Å². The predicted molar refractivity (Wildman–Crippen MR) is 171 cm³/mol. The lowest BCUT2D eigenvalue weighted by Crippen LogP contribution is -2.58. The van der Waals surface area contributed by atoms with Gasteiger partial charge >= 0.3 is 6.09 Å². The minimum atomic E-state index is -0.686. The van der Waals surface area contributed by atoms with Crippen molar-refractivity contribution in [3.05, 3.63) is 52.5 Å². The van der Waals surface area contributed by atoms with Crippen molar-refractivity contribution in [3.63, 3.8) is 0 Å². The first kappa shape index (κ1) is 32.0. The van der Waals surface area contributed by atoms with Crippen LogP contribution in [0, 0.1) is 11.8 Å². The first-order valence-corrected chi connectivity index (χ1v) is 16.5. The van der Waals surface area contributed by atoms with Gasteiger partial charge in [0.1, 0.15) is 5.60 Å². The van der Waals surface area contributed by atoms with Crippen molar-refractivity contribution < 1.29 is 23.9 Å². The second kappa shape index (κ2) is 13.7. The zero-order chi connectivity index (χ0) is 31.4. The minimum Gasteiger partial charge on any atom is -0.444 e. The SMILES string of the molecule is CC(C)CN(C(=O)c1nc2ccccc2n1CCc1cccs1)[C@H]1C[C@@H](C(=O)N2CCOCC2)CN(C(=O)OC(C)(C)C)C1. The number of piperidine rings is 1. The molecule has 0 bridgehead atoms. The predicted octanol–water partition coefficient (Wildman–Crippen LogP) is 4.92. The van der Waals surface area contributed by atoms with Crippen LogP contribution in [-0.4, -0.2) is 99.7 Å². The van der Waals surface area contributed by atoms with Gasteiger partial charge in [0.2, 0.25) is 5.91 Å². The normalized spacial score (nSPS) is 19.4. The fourth-order valence-electron chi connectivity index (χ4n) is 6.06. The molecule has 2 aliphatic heterocycles. The van der Waals surface area contributed by atoms with Crippen molar-refractivity contribution in [1.29, 1.82) is 0 Å². The topological polar surface area (TPSA) is 97.2 Å². The van der Waals surface area contributed by atoms with Crippen LogP contribution in [0.25, 0.3) is 11.0 Å². The molecule has 2 saturated heterocycles. The molecule has 3 aromatic rings. The van der Waals surface area contributed by atoms with Crippen LogP contribution in [0.3, 0.4) is 0 Å².